The highest BCUT2D eigenvalue weighted by Crippen LogP contribution is 2.30. The van der Waals surface area contributed by atoms with Crippen molar-refractivity contribution in [1.82, 2.24) is 4.31 Å². The van der Waals surface area contributed by atoms with E-state index in [1.54, 1.807) is 13.8 Å². The Labute approximate surface area is 142 Å². The molecule has 1 aromatic carbocycles. The Morgan fingerprint density at radius 2 is 1.88 bits per heavy atom. The fraction of sp³-hybridized carbons (Fsp3) is 0.533. The monoisotopic (exact) mass is 375 g/mol. The first-order valence-corrected chi connectivity index (χ1v) is 10.8. The molecule has 2 unspecified atom stereocenters. The lowest BCUT2D eigenvalue weighted by Gasteiger charge is -2.34. The van der Waals surface area contributed by atoms with Gasteiger partial charge in [0, 0.05) is 19.3 Å². The minimum atomic E-state index is -3.88. The molecule has 2 rings (SSSR count). The Morgan fingerprint density at radius 1 is 1.25 bits per heavy atom. The maximum Gasteiger partial charge on any atom is 0.306 e. The van der Waals surface area contributed by atoms with Crippen molar-refractivity contribution in [1.29, 1.82) is 0 Å². The second kappa shape index (κ2) is 6.45. The zero-order valence-corrected chi connectivity index (χ0v) is 15.4. The van der Waals surface area contributed by atoms with Crippen LogP contribution in [0, 0.1) is 18.8 Å². The van der Waals surface area contributed by atoms with E-state index in [0.29, 0.717) is 5.56 Å². The number of sulfonamides is 1. The zero-order chi connectivity index (χ0) is 18.3. The molecule has 1 aliphatic heterocycles. The Balaban J connectivity index is 2.40. The summed E-state index contributed by atoms with van der Waals surface area (Å²) < 4.78 is 50.4. The van der Waals surface area contributed by atoms with Crippen molar-refractivity contribution in [3.05, 3.63) is 23.8 Å². The van der Waals surface area contributed by atoms with E-state index in [4.69, 9.17) is 5.11 Å². The molecule has 0 radical (unpaired) electrons. The van der Waals surface area contributed by atoms with E-state index in [9.17, 15) is 21.6 Å². The van der Waals surface area contributed by atoms with Crippen molar-refractivity contribution in [2.75, 3.05) is 19.3 Å². The number of sulfone groups is 1. The molecular formula is C15H21NO6S2. The van der Waals surface area contributed by atoms with Crippen molar-refractivity contribution < 1.29 is 26.7 Å². The minimum absolute atomic E-state index is 0.0496. The summed E-state index contributed by atoms with van der Waals surface area (Å²) in [5, 5.41) is 9.15. The van der Waals surface area contributed by atoms with Gasteiger partial charge in [-0.15, -0.1) is 0 Å². The first-order chi connectivity index (χ1) is 10.9. The van der Waals surface area contributed by atoms with Crippen LogP contribution in [0.2, 0.25) is 0 Å². The molecule has 134 valence electrons. The Bertz CT molecular complexity index is 860. The van der Waals surface area contributed by atoms with Crippen LogP contribution in [0.5, 0.6) is 0 Å². The smallest absolute Gasteiger partial charge is 0.306 e. The normalized spacial score (nSPS) is 23.1. The van der Waals surface area contributed by atoms with Crippen molar-refractivity contribution in [2.24, 2.45) is 11.8 Å². The summed E-state index contributed by atoms with van der Waals surface area (Å²) in [5.74, 6) is -1.81. The van der Waals surface area contributed by atoms with Gasteiger partial charge in [-0.05, 0) is 37.0 Å². The highest BCUT2D eigenvalue weighted by atomic mass is 32.2. The number of benzene rings is 1. The largest absolute Gasteiger partial charge is 0.481 e. The molecule has 0 aromatic heterocycles. The van der Waals surface area contributed by atoms with Crippen LogP contribution in [0.25, 0.3) is 0 Å². The molecule has 0 saturated carbocycles. The Hall–Kier alpha value is -1.45. The molecule has 1 N–H and O–H groups in total. The Kier molecular flexibility index (Phi) is 5.08. The number of carboxylic acids is 1. The van der Waals surface area contributed by atoms with Crippen LogP contribution in [-0.4, -0.2) is 51.6 Å². The molecule has 1 aromatic rings. The lowest BCUT2D eigenvalue weighted by atomic mass is 9.88. The molecule has 1 saturated heterocycles. The van der Waals surface area contributed by atoms with Gasteiger partial charge in [-0.1, -0.05) is 13.0 Å². The van der Waals surface area contributed by atoms with Crippen molar-refractivity contribution >= 4 is 25.8 Å². The fourth-order valence-corrected chi connectivity index (χ4v) is 5.45. The third-order valence-corrected chi connectivity index (χ3v) is 7.51. The number of carboxylic acid groups (broad SMARTS) is 1. The van der Waals surface area contributed by atoms with Crippen molar-refractivity contribution in [3.63, 3.8) is 0 Å². The standard InChI is InChI=1S/C15H21NO6S2/c1-10-4-5-12(23(3,19)20)8-14(10)24(21,22)16-7-6-13(15(17)18)11(2)9-16/h4-5,8,11,13H,6-7,9H2,1-3H3,(H,17,18). The van der Waals surface area contributed by atoms with E-state index in [2.05, 4.69) is 0 Å². The van der Waals surface area contributed by atoms with Crippen LogP contribution < -0.4 is 0 Å². The van der Waals surface area contributed by atoms with E-state index in [0.717, 1.165) is 6.26 Å². The molecule has 1 heterocycles. The topological polar surface area (TPSA) is 109 Å². The van der Waals surface area contributed by atoms with E-state index < -0.39 is 31.7 Å². The lowest BCUT2D eigenvalue weighted by molar-refractivity contribution is -0.144. The molecule has 1 aliphatic rings. The molecule has 9 heteroatoms. The first kappa shape index (κ1) is 18.9. The van der Waals surface area contributed by atoms with Gasteiger partial charge in [0.05, 0.1) is 15.7 Å². The van der Waals surface area contributed by atoms with E-state index in [1.165, 1.54) is 22.5 Å². The average molecular weight is 375 g/mol. The van der Waals surface area contributed by atoms with Gasteiger partial charge >= 0.3 is 5.97 Å². The molecule has 0 aliphatic carbocycles. The molecule has 1 fully saturated rings. The summed E-state index contributed by atoms with van der Waals surface area (Å²) in [4.78, 5) is 11.1. The molecule has 0 amide bonds. The summed E-state index contributed by atoms with van der Waals surface area (Å²) in [7, 11) is -7.41. The molecular weight excluding hydrogens is 354 g/mol. The maximum atomic E-state index is 12.9. The molecule has 24 heavy (non-hydrogen) atoms. The van der Waals surface area contributed by atoms with Crippen LogP contribution in [-0.2, 0) is 24.7 Å². The number of hydrogen-bond acceptors (Lipinski definition) is 5. The number of aryl methyl sites for hydroxylation is 1. The summed E-state index contributed by atoms with van der Waals surface area (Å²) in [6.07, 6.45) is 1.26. The molecule has 0 bridgehead atoms. The van der Waals surface area contributed by atoms with E-state index in [-0.39, 0.29) is 35.2 Å². The maximum absolute atomic E-state index is 12.9. The second-order valence-electron chi connectivity index (χ2n) is 6.27. The lowest BCUT2D eigenvalue weighted by Crippen LogP contribution is -2.45. The van der Waals surface area contributed by atoms with Crippen LogP contribution in [0.3, 0.4) is 0 Å². The number of piperidine rings is 1. The third-order valence-electron chi connectivity index (χ3n) is 4.39. The summed E-state index contributed by atoms with van der Waals surface area (Å²) in [6.45, 7) is 3.51. The van der Waals surface area contributed by atoms with Gasteiger partial charge in [-0.3, -0.25) is 4.79 Å². The quantitative estimate of drug-likeness (QED) is 0.845. The zero-order valence-electron chi connectivity index (χ0n) is 13.8. The van der Waals surface area contributed by atoms with Crippen molar-refractivity contribution in [3.8, 4) is 0 Å². The van der Waals surface area contributed by atoms with Crippen LogP contribution in [0.4, 0.5) is 0 Å². The number of hydrogen-bond donors (Lipinski definition) is 1. The fourth-order valence-electron chi connectivity index (χ4n) is 2.92. The van der Waals surface area contributed by atoms with Gasteiger partial charge in [-0.25, -0.2) is 16.8 Å². The highest BCUT2D eigenvalue weighted by molar-refractivity contribution is 7.91. The van der Waals surface area contributed by atoms with Gasteiger partial charge in [-0.2, -0.15) is 4.31 Å². The van der Waals surface area contributed by atoms with Crippen LogP contribution in [0.1, 0.15) is 18.9 Å². The van der Waals surface area contributed by atoms with Gasteiger partial charge in [0.2, 0.25) is 10.0 Å². The predicted molar refractivity (Wildman–Crippen MR) is 88.0 cm³/mol. The van der Waals surface area contributed by atoms with E-state index in [1.807, 2.05) is 0 Å². The molecule has 7 nitrogen and oxygen atoms in total. The van der Waals surface area contributed by atoms with Crippen molar-refractivity contribution in [2.45, 2.75) is 30.1 Å². The SMILES string of the molecule is Cc1ccc(S(C)(=O)=O)cc1S(=O)(=O)N1CCC(C(=O)O)C(C)C1. The van der Waals surface area contributed by atoms with Crippen LogP contribution in [0.15, 0.2) is 28.0 Å². The van der Waals surface area contributed by atoms with E-state index >= 15 is 0 Å². The Morgan fingerprint density at radius 3 is 2.38 bits per heavy atom. The molecule has 0 spiro atoms. The summed E-state index contributed by atoms with van der Waals surface area (Å²) in [6, 6.07) is 4.02. The van der Waals surface area contributed by atoms with Gasteiger partial charge in [0.25, 0.3) is 0 Å². The second-order valence-corrected chi connectivity index (χ2v) is 10.2. The summed E-state index contributed by atoms with van der Waals surface area (Å²) >= 11 is 0. The van der Waals surface area contributed by atoms with Gasteiger partial charge < -0.3 is 5.11 Å². The van der Waals surface area contributed by atoms with Gasteiger partial charge in [0.15, 0.2) is 9.84 Å². The minimum Gasteiger partial charge on any atom is -0.481 e. The first-order valence-electron chi connectivity index (χ1n) is 7.48. The highest BCUT2D eigenvalue weighted by Gasteiger charge is 2.37. The van der Waals surface area contributed by atoms with Gasteiger partial charge in [0.1, 0.15) is 0 Å². The number of rotatable bonds is 4. The average Bonchev–Trinajstić information content (AvgIpc) is 2.45. The summed E-state index contributed by atoms with van der Waals surface area (Å²) in [5.41, 5.74) is 0.454. The number of carbonyl (C=O) groups is 1. The molecule has 2 atom stereocenters. The third kappa shape index (κ3) is 3.62. The van der Waals surface area contributed by atoms with Crippen LogP contribution >= 0.6 is 0 Å². The number of nitrogens with zero attached hydrogens (tertiary/aromatic N) is 1. The number of aliphatic carboxylic acids is 1. The predicted octanol–water partition coefficient (Wildman–Crippen LogP) is 1.13.